The summed E-state index contributed by atoms with van der Waals surface area (Å²) in [5.41, 5.74) is 1.47. The zero-order valence-corrected chi connectivity index (χ0v) is 19.9. The number of rotatable bonds is 8. The molecule has 5 heterocycles. The number of furan rings is 3. The molecule has 9 nitrogen and oxygen atoms in total. The summed E-state index contributed by atoms with van der Waals surface area (Å²) in [6.07, 6.45) is 5.41. The standard InChI is InChI=1S/C26H21N5O4S/c1-2-11-30-25(22-10-6-13-34-22)27-28-26(30)36-16-24(32)31-19(21-9-5-12-33-21)15-18(29-31)23-14-17-7-3-4-8-20(17)35-23/h2-10,12-14,19H,1,11,15-16H2. The van der Waals surface area contributed by atoms with Gasteiger partial charge in [0.15, 0.2) is 16.7 Å². The second kappa shape index (κ2) is 9.38. The fraction of sp³-hybridized carbons (Fsp3) is 0.154. The van der Waals surface area contributed by atoms with Gasteiger partial charge >= 0.3 is 0 Å². The van der Waals surface area contributed by atoms with Crippen molar-refractivity contribution >= 4 is 34.3 Å². The second-order valence-electron chi connectivity index (χ2n) is 8.14. The molecule has 4 aromatic heterocycles. The van der Waals surface area contributed by atoms with Crippen LogP contribution in [0.3, 0.4) is 0 Å². The molecular weight excluding hydrogens is 478 g/mol. The molecule has 10 heteroatoms. The predicted molar refractivity (Wildman–Crippen MR) is 134 cm³/mol. The third kappa shape index (κ3) is 4.05. The Morgan fingerprint density at radius 1 is 1.08 bits per heavy atom. The Morgan fingerprint density at radius 3 is 2.72 bits per heavy atom. The van der Waals surface area contributed by atoms with E-state index in [-0.39, 0.29) is 17.7 Å². The molecule has 0 aliphatic carbocycles. The van der Waals surface area contributed by atoms with E-state index in [9.17, 15) is 4.79 Å². The van der Waals surface area contributed by atoms with Crippen molar-refractivity contribution in [2.45, 2.75) is 24.2 Å². The monoisotopic (exact) mass is 499 g/mol. The van der Waals surface area contributed by atoms with Crippen molar-refractivity contribution in [3.8, 4) is 11.6 Å². The number of para-hydroxylation sites is 1. The third-order valence-electron chi connectivity index (χ3n) is 5.84. The van der Waals surface area contributed by atoms with Crippen molar-refractivity contribution in [3.63, 3.8) is 0 Å². The minimum atomic E-state index is -0.360. The van der Waals surface area contributed by atoms with Crippen LogP contribution >= 0.6 is 11.8 Å². The number of thioether (sulfide) groups is 1. The lowest BCUT2D eigenvalue weighted by Gasteiger charge is -2.19. The lowest BCUT2D eigenvalue weighted by atomic mass is 10.1. The summed E-state index contributed by atoms with van der Waals surface area (Å²) in [6, 6.07) is 16.6. The largest absolute Gasteiger partial charge is 0.467 e. The summed E-state index contributed by atoms with van der Waals surface area (Å²) < 4.78 is 19.0. The van der Waals surface area contributed by atoms with Gasteiger partial charge in [-0.25, -0.2) is 5.01 Å². The molecule has 0 fully saturated rings. The number of hydrazone groups is 1. The SMILES string of the molecule is C=CCn1c(SCC(=O)N2N=C(c3cc4ccccc4o3)CC2c2ccco2)nnc1-c1ccco1. The van der Waals surface area contributed by atoms with E-state index >= 15 is 0 Å². The van der Waals surface area contributed by atoms with Gasteiger partial charge in [0.25, 0.3) is 5.91 Å². The average Bonchev–Trinajstić information content (AvgIpc) is 3.72. The van der Waals surface area contributed by atoms with E-state index in [4.69, 9.17) is 13.3 Å². The van der Waals surface area contributed by atoms with Crippen molar-refractivity contribution in [2.75, 3.05) is 5.75 Å². The van der Waals surface area contributed by atoms with Crippen LogP contribution in [0.1, 0.15) is 24.0 Å². The molecule has 0 N–H and O–H groups in total. The van der Waals surface area contributed by atoms with Crippen LogP contribution in [0.5, 0.6) is 0 Å². The van der Waals surface area contributed by atoms with Gasteiger partial charge in [0, 0.05) is 18.4 Å². The van der Waals surface area contributed by atoms with Crippen LogP contribution in [0.4, 0.5) is 0 Å². The van der Waals surface area contributed by atoms with Gasteiger partial charge in [0.05, 0.1) is 18.3 Å². The van der Waals surface area contributed by atoms with Crippen molar-refractivity contribution < 1.29 is 18.0 Å². The summed E-state index contributed by atoms with van der Waals surface area (Å²) in [4.78, 5) is 13.4. The first-order valence-electron chi connectivity index (χ1n) is 11.3. The molecule has 6 rings (SSSR count). The summed E-state index contributed by atoms with van der Waals surface area (Å²) in [5.74, 6) is 2.42. The molecule has 0 spiro atoms. The maximum absolute atomic E-state index is 13.4. The molecule has 1 unspecified atom stereocenters. The van der Waals surface area contributed by atoms with Gasteiger partial charge in [-0.3, -0.25) is 9.36 Å². The van der Waals surface area contributed by atoms with E-state index in [2.05, 4.69) is 21.9 Å². The van der Waals surface area contributed by atoms with Gasteiger partial charge in [0.2, 0.25) is 5.82 Å². The molecule has 1 aliphatic rings. The Labute approximate surface area is 210 Å². The first-order chi connectivity index (χ1) is 17.7. The minimum absolute atomic E-state index is 0.113. The lowest BCUT2D eigenvalue weighted by Crippen LogP contribution is -2.28. The van der Waals surface area contributed by atoms with Gasteiger partial charge in [-0.2, -0.15) is 5.10 Å². The Morgan fingerprint density at radius 2 is 1.94 bits per heavy atom. The van der Waals surface area contributed by atoms with Crippen LogP contribution in [0.2, 0.25) is 0 Å². The van der Waals surface area contributed by atoms with E-state index in [0.29, 0.717) is 46.9 Å². The number of nitrogens with zero attached hydrogens (tertiary/aromatic N) is 5. The molecule has 180 valence electrons. The van der Waals surface area contributed by atoms with Crippen LogP contribution in [0.25, 0.3) is 22.6 Å². The normalized spacial score (nSPS) is 15.5. The molecule has 0 saturated heterocycles. The Kier molecular flexibility index (Phi) is 5.78. The van der Waals surface area contributed by atoms with Gasteiger partial charge in [-0.15, -0.1) is 16.8 Å². The second-order valence-corrected chi connectivity index (χ2v) is 9.08. The molecule has 0 radical (unpaired) electrons. The van der Waals surface area contributed by atoms with E-state index in [1.165, 1.54) is 16.8 Å². The van der Waals surface area contributed by atoms with Crippen LogP contribution in [0, 0.1) is 0 Å². The summed E-state index contributed by atoms with van der Waals surface area (Å²) in [7, 11) is 0. The van der Waals surface area contributed by atoms with Gasteiger partial charge in [-0.05, 0) is 36.4 Å². The van der Waals surface area contributed by atoms with E-state index in [1.54, 1.807) is 30.7 Å². The Balaban J connectivity index is 1.26. The molecule has 1 aliphatic heterocycles. The fourth-order valence-corrected chi connectivity index (χ4v) is 4.99. The van der Waals surface area contributed by atoms with Crippen molar-refractivity contribution in [1.82, 2.24) is 19.8 Å². The number of carbonyl (C=O) groups is 1. The van der Waals surface area contributed by atoms with E-state index in [1.807, 2.05) is 47.0 Å². The smallest absolute Gasteiger partial charge is 0.253 e. The maximum atomic E-state index is 13.4. The number of fused-ring (bicyclic) bond motifs is 1. The molecule has 1 aromatic carbocycles. The molecule has 0 bridgehead atoms. The topological polar surface area (TPSA) is 103 Å². The molecule has 1 atom stereocenters. The quantitative estimate of drug-likeness (QED) is 0.204. The van der Waals surface area contributed by atoms with Crippen molar-refractivity contribution in [3.05, 3.63) is 91.3 Å². The Hall–Kier alpha value is -4.31. The highest BCUT2D eigenvalue weighted by Gasteiger charge is 2.36. The van der Waals surface area contributed by atoms with Crippen molar-refractivity contribution in [2.24, 2.45) is 5.10 Å². The zero-order valence-electron chi connectivity index (χ0n) is 19.1. The number of allylic oxidation sites excluding steroid dienone is 1. The van der Waals surface area contributed by atoms with Gasteiger partial charge < -0.3 is 13.3 Å². The molecule has 5 aromatic rings. The van der Waals surface area contributed by atoms with Crippen molar-refractivity contribution in [1.29, 1.82) is 0 Å². The van der Waals surface area contributed by atoms with Gasteiger partial charge in [0.1, 0.15) is 23.1 Å². The number of amides is 1. The van der Waals surface area contributed by atoms with Crippen LogP contribution in [-0.2, 0) is 11.3 Å². The molecular formula is C26H21N5O4S. The van der Waals surface area contributed by atoms with Crippen LogP contribution in [0.15, 0.2) is 103 Å². The average molecular weight is 500 g/mol. The highest BCUT2D eigenvalue weighted by Crippen LogP contribution is 2.35. The Bertz CT molecular complexity index is 1520. The number of hydrogen-bond acceptors (Lipinski definition) is 8. The van der Waals surface area contributed by atoms with Gasteiger partial charge in [-0.1, -0.05) is 36.0 Å². The lowest BCUT2D eigenvalue weighted by molar-refractivity contribution is -0.130. The molecule has 1 amide bonds. The highest BCUT2D eigenvalue weighted by atomic mass is 32.2. The molecule has 0 saturated carbocycles. The van der Waals surface area contributed by atoms with E-state index in [0.717, 1.165) is 11.0 Å². The summed E-state index contributed by atoms with van der Waals surface area (Å²) >= 11 is 1.29. The van der Waals surface area contributed by atoms with Crippen LogP contribution < -0.4 is 0 Å². The number of carbonyl (C=O) groups excluding carboxylic acids is 1. The predicted octanol–water partition coefficient (Wildman–Crippen LogP) is 5.53. The number of hydrogen-bond donors (Lipinski definition) is 0. The first-order valence-corrected chi connectivity index (χ1v) is 12.3. The highest BCUT2D eigenvalue weighted by molar-refractivity contribution is 7.99. The fourth-order valence-electron chi connectivity index (χ4n) is 4.19. The summed E-state index contributed by atoms with van der Waals surface area (Å²) in [6.45, 7) is 4.30. The minimum Gasteiger partial charge on any atom is -0.467 e. The molecule has 36 heavy (non-hydrogen) atoms. The summed E-state index contributed by atoms with van der Waals surface area (Å²) in [5, 5.41) is 16.2. The number of benzene rings is 1. The third-order valence-corrected chi connectivity index (χ3v) is 6.79. The first kappa shape index (κ1) is 22.2. The number of aromatic nitrogens is 3. The van der Waals surface area contributed by atoms with E-state index < -0.39 is 0 Å². The maximum Gasteiger partial charge on any atom is 0.253 e. The zero-order chi connectivity index (χ0) is 24.5. The van der Waals surface area contributed by atoms with Crippen LogP contribution in [-0.4, -0.2) is 37.1 Å².